The summed E-state index contributed by atoms with van der Waals surface area (Å²) in [6.45, 7) is 0. The van der Waals surface area contributed by atoms with Crippen LogP contribution in [0, 0.1) is 0 Å². The van der Waals surface area contributed by atoms with E-state index in [0.717, 1.165) is 25.0 Å². The van der Waals surface area contributed by atoms with Crippen LogP contribution in [0.5, 0.6) is 0 Å². The summed E-state index contributed by atoms with van der Waals surface area (Å²) in [7, 11) is 0. The van der Waals surface area contributed by atoms with Gasteiger partial charge in [-0.3, -0.25) is 4.79 Å². The van der Waals surface area contributed by atoms with E-state index < -0.39 is 0 Å². The Bertz CT molecular complexity index is 197. The van der Waals surface area contributed by atoms with Crippen molar-refractivity contribution in [1.29, 1.82) is 0 Å². The van der Waals surface area contributed by atoms with Crippen LogP contribution in [-0.4, -0.2) is 16.3 Å². The average molecular weight is 154 g/mol. The summed E-state index contributed by atoms with van der Waals surface area (Å²) in [5.74, 6) is 1.48. The van der Waals surface area contributed by atoms with Crippen molar-refractivity contribution in [3.63, 3.8) is 0 Å². The van der Waals surface area contributed by atoms with Gasteiger partial charge in [0.1, 0.15) is 0 Å². The summed E-state index contributed by atoms with van der Waals surface area (Å²) in [5.41, 5.74) is 0. The molecule has 1 spiro atoms. The molecular weight excluding hydrogens is 144 g/mol. The second-order valence-electron chi connectivity index (χ2n) is 2.88. The molecule has 1 heterocycles. The largest absolute Gasteiger partial charge is 0.298 e. The second-order valence-corrected chi connectivity index (χ2v) is 4.23. The lowest BCUT2D eigenvalue weighted by molar-refractivity contribution is -0.118. The lowest BCUT2D eigenvalue weighted by atomic mass is 10.1. The highest BCUT2D eigenvalue weighted by molar-refractivity contribution is 8.02. The molecule has 0 N–H and O–H groups in total. The fourth-order valence-corrected chi connectivity index (χ4v) is 2.91. The number of Topliss-reactive ketones (excluding diaryl/α,β-unsaturated/α-hetero) is 1. The number of hydrogen-bond acceptors (Lipinski definition) is 2. The van der Waals surface area contributed by atoms with Crippen molar-refractivity contribution in [2.45, 2.75) is 24.0 Å². The summed E-state index contributed by atoms with van der Waals surface area (Å²) in [4.78, 5) is 11.3. The SMILES string of the molecule is O=C1CCC[C@@]12C=CCS2. The highest BCUT2D eigenvalue weighted by atomic mass is 32.2. The molecule has 2 rings (SSSR count). The Morgan fingerprint density at radius 1 is 1.60 bits per heavy atom. The van der Waals surface area contributed by atoms with E-state index in [2.05, 4.69) is 12.2 Å². The first kappa shape index (κ1) is 6.47. The van der Waals surface area contributed by atoms with Gasteiger partial charge < -0.3 is 0 Å². The van der Waals surface area contributed by atoms with Gasteiger partial charge in [-0.1, -0.05) is 12.2 Å². The first-order chi connectivity index (χ1) is 4.83. The van der Waals surface area contributed by atoms with Crippen molar-refractivity contribution >= 4 is 17.5 Å². The standard InChI is InChI=1S/C8H10OS/c9-7-3-1-4-8(7)5-2-6-10-8/h2,5H,1,3-4,6H2/t8-/m1/s1. The van der Waals surface area contributed by atoms with Crippen LogP contribution in [0.25, 0.3) is 0 Å². The highest BCUT2D eigenvalue weighted by Gasteiger charge is 2.41. The molecule has 2 aliphatic rings. The molecule has 0 aromatic heterocycles. The Labute approximate surface area is 64.9 Å². The third-order valence-electron chi connectivity index (χ3n) is 2.25. The van der Waals surface area contributed by atoms with Gasteiger partial charge in [0.25, 0.3) is 0 Å². The van der Waals surface area contributed by atoms with Crippen molar-refractivity contribution in [1.82, 2.24) is 0 Å². The predicted octanol–water partition coefficient (Wildman–Crippen LogP) is 1.78. The molecule has 0 amide bonds. The molecule has 0 unspecified atom stereocenters. The number of carbonyl (C=O) groups is 1. The fraction of sp³-hybridized carbons (Fsp3) is 0.625. The summed E-state index contributed by atoms with van der Waals surface area (Å²) >= 11 is 1.80. The topological polar surface area (TPSA) is 17.1 Å². The Morgan fingerprint density at radius 2 is 2.50 bits per heavy atom. The van der Waals surface area contributed by atoms with Crippen LogP contribution < -0.4 is 0 Å². The van der Waals surface area contributed by atoms with Crippen LogP contribution >= 0.6 is 11.8 Å². The molecule has 1 aliphatic carbocycles. The molecule has 1 aliphatic heterocycles. The van der Waals surface area contributed by atoms with Gasteiger partial charge in [0, 0.05) is 12.2 Å². The van der Waals surface area contributed by atoms with E-state index in [0.29, 0.717) is 5.78 Å². The molecule has 10 heavy (non-hydrogen) atoms. The van der Waals surface area contributed by atoms with Crippen molar-refractivity contribution < 1.29 is 4.79 Å². The van der Waals surface area contributed by atoms with Crippen LogP contribution in [0.3, 0.4) is 0 Å². The smallest absolute Gasteiger partial charge is 0.152 e. The first-order valence-electron chi connectivity index (χ1n) is 3.68. The summed E-state index contributed by atoms with van der Waals surface area (Å²) < 4.78 is -0.0556. The monoisotopic (exact) mass is 154 g/mol. The molecular formula is C8H10OS. The minimum absolute atomic E-state index is 0.0556. The van der Waals surface area contributed by atoms with Gasteiger partial charge in [-0.15, -0.1) is 11.8 Å². The van der Waals surface area contributed by atoms with Crippen molar-refractivity contribution in [2.75, 3.05) is 5.75 Å². The molecule has 2 heteroatoms. The molecule has 0 aromatic rings. The maximum atomic E-state index is 11.3. The van der Waals surface area contributed by atoms with Gasteiger partial charge >= 0.3 is 0 Å². The fourth-order valence-electron chi connectivity index (χ4n) is 1.67. The summed E-state index contributed by atoms with van der Waals surface area (Å²) in [6, 6.07) is 0. The van der Waals surface area contributed by atoms with E-state index in [-0.39, 0.29) is 4.75 Å². The van der Waals surface area contributed by atoms with E-state index in [1.807, 2.05) is 0 Å². The Morgan fingerprint density at radius 3 is 3.00 bits per heavy atom. The minimum Gasteiger partial charge on any atom is -0.298 e. The van der Waals surface area contributed by atoms with Crippen molar-refractivity contribution in [2.24, 2.45) is 0 Å². The van der Waals surface area contributed by atoms with Gasteiger partial charge in [-0.2, -0.15) is 0 Å². The third kappa shape index (κ3) is 0.749. The molecule has 1 atom stereocenters. The van der Waals surface area contributed by atoms with Crippen LogP contribution in [0.2, 0.25) is 0 Å². The maximum Gasteiger partial charge on any atom is 0.152 e. The average Bonchev–Trinajstić information content (AvgIpc) is 2.48. The zero-order valence-electron chi connectivity index (χ0n) is 5.80. The van der Waals surface area contributed by atoms with Crippen LogP contribution in [0.4, 0.5) is 0 Å². The van der Waals surface area contributed by atoms with Gasteiger partial charge in [0.05, 0.1) is 4.75 Å². The molecule has 1 saturated carbocycles. The molecule has 0 bridgehead atoms. The molecule has 0 radical (unpaired) electrons. The zero-order valence-corrected chi connectivity index (χ0v) is 6.62. The Kier molecular flexibility index (Phi) is 1.37. The van der Waals surface area contributed by atoms with Gasteiger partial charge in [-0.25, -0.2) is 0 Å². The summed E-state index contributed by atoms with van der Waals surface area (Å²) in [6.07, 6.45) is 7.20. The number of ketones is 1. The van der Waals surface area contributed by atoms with Gasteiger partial charge in [0.15, 0.2) is 5.78 Å². The second kappa shape index (κ2) is 2.12. The molecule has 54 valence electrons. The van der Waals surface area contributed by atoms with Gasteiger partial charge in [0.2, 0.25) is 0 Å². The number of carbonyl (C=O) groups excluding carboxylic acids is 1. The van der Waals surface area contributed by atoms with E-state index in [4.69, 9.17) is 0 Å². The minimum atomic E-state index is -0.0556. The first-order valence-corrected chi connectivity index (χ1v) is 4.67. The molecule has 0 saturated heterocycles. The maximum absolute atomic E-state index is 11.3. The number of hydrogen-bond donors (Lipinski definition) is 0. The Balaban J connectivity index is 2.28. The van der Waals surface area contributed by atoms with E-state index >= 15 is 0 Å². The van der Waals surface area contributed by atoms with E-state index in [9.17, 15) is 4.79 Å². The van der Waals surface area contributed by atoms with Crippen LogP contribution in [-0.2, 0) is 4.79 Å². The quantitative estimate of drug-likeness (QED) is 0.495. The normalized spacial score (nSPS) is 38.2. The third-order valence-corrected chi connectivity index (χ3v) is 3.69. The zero-order chi connectivity index (χ0) is 7.03. The molecule has 1 nitrogen and oxygen atoms in total. The van der Waals surface area contributed by atoms with E-state index in [1.54, 1.807) is 11.8 Å². The lowest BCUT2D eigenvalue weighted by Gasteiger charge is -2.16. The number of thioether (sulfide) groups is 1. The predicted molar refractivity (Wildman–Crippen MR) is 43.2 cm³/mol. The highest BCUT2D eigenvalue weighted by Crippen LogP contribution is 2.43. The Hall–Kier alpha value is -0.240. The molecule has 1 fully saturated rings. The molecule has 0 aromatic carbocycles. The lowest BCUT2D eigenvalue weighted by Crippen LogP contribution is -2.24. The van der Waals surface area contributed by atoms with Gasteiger partial charge in [-0.05, 0) is 12.8 Å². The van der Waals surface area contributed by atoms with Crippen molar-refractivity contribution in [3.05, 3.63) is 12.2 Å². The van der Waals surface area contributed by atoms with Crippen LogP contribution in [0.15, 0.2) is 12.2 Å². The van der Waals surface area contributed by atoms with Crippen molar-refractivity contribution in [3.8, 4) is 0 Å². The van der Waals surface area contributed by atoms with E-state index in [1.165, 1.54) is 0 Å². The summed E-state index contributed by atoms with van der Waals surface area (Å²) in [5, 5.41) is 0. The number of rotatable bonds is 0. The van der Waals surface area contributed by atoms with Crippen LogP contribution in [0.1, 0.15) is 19.3 Å².